The van der Waals surface area contributed by atoms with E-state index in [2.05, 4.69) is 10.2 Å². The number of nitrogens with one attached hydrogen (secondary N) is 1. The summed E-state index contributed by atoms with van der Waals surface area (Å²) >= 11 is 0. The van der Waals surface area contributed by atoms with Crippen molar-refractivity contribution in [2.24, 2.45) is 5.92 Å². The van der Waals surface area contributed by atoms with Crippen molar-refractivity contribution in [3.8, 4) is 0 Å². The molecule has 4 heteroatoms. The fourth-order valence-corrected chi connectivity index (χ4v) is 2.13. The number of piperidine rings is 1. The smallest absolute Gasteiger partial charge is 0.236 e. The first kappa shape index (κ1) is 13.5. The van der Waals surface area contributed by atoms with Gasteiger partial charge < -0.3 is 10.2 Å². The summed E-state index contributed by atoms with van der Waals surface area (Å²) in [6.45, 7) is 6.64. The highest BCUT2D eigenvalue weighted by Crippen LogP contribution is 2.15. The van der Waals surface area contributed by atoms with Crippen LogP contribution < -0.4 is 5.32 Å². The molecular formula is C12H25N3O. The molecule has 1 heterocycles. The van der Waals surface area contributed by atoms with Crippen LogP contribution in [0.15, 0.2) is 0 Å². The van der Waals surface area contributed by atoms with Gasteiger partial charge in [0.1, 0.15) is 0 Å². The van der Waals surface area contributed by atoms with Gasteiger partial charge in [-0.3, -0.25) is 9.69 Å². The first-order valence-corrected chi connectivity index (χ1v) is 6.28. The maximum atomic E-state index is 11.7. The van der Waals surface area contributed by atoms with Gasteiger partial charge in [-0.05, 0) is 52.4 Å². The summed E-state index contributed by atoms with van der Waals surface area (Å²) in [6.07, 6.45) is 2.42. The van der Waals surface area contributed by atoms with Gasteiger partial charge in [0.05, 0.1) is 6.54 Å². The molecule has 1 saturated heterocycles. The van der Waals surface area contributed by atoms with E-state index in [9.17, 15) is 4.79 Å². The first-order valence-electron chi connectivity index (χ1n) is 6.28. The average molecular weight is 227 g/mol. The molecule has 1 rings (SSSR count). The molecule has 1 N–H and O–H groups in total. The molecule has 4 nitrogen and oxygen atoms in total. The zero-order valence-corrected chi connectivity index (χ0v) is 10.8. The topological polar surface area (TPSA) is 35.6 Å². The van der Waals surface area contributed by atoms with Crippen molar-refractivity contribution < 1.29 is 4.79 Å². The van der Waals surface area contributed by atoms with E-state index in [1.165, 1.54) is 12.8 Å². The molecule has 0 bridgehead atoms. The standard InChI is InChI=1S/C12H25N3O/c1-4-14(3)12(16)10-15-7-5-11(6-8-15)9-13-2/h11,13H,4-10H2,1-3H3. The van der Waals surface area contributed by atoms with E-state index in [1.54, 1.807) is 4.90 Å². The predicted molar refractivity (Wildman–Crippen MR) is 66.4 cm³/mol. The maximum Gasteiger partial charge on any atom is 0.236 e. The minimum Gasteiger partial charge on any atom is -0.345 e. The molecule has 0 radical (unpaired) electrons. The molecule has 0 aromatic carbocycles. The van der Waals surface area contributed by atoms with Gasteiger partial charge in [-0.2, -0.15) is 0 Å². The number of nitrogens with zero attached hydrogens (tertiary/aromatic N) is 2. The van der Waals surface area contributed by atoms with Gasteiger partial charge in [0, 0.05) is 13.6 Å². The number of carbonyl (C=O) groups excluding carboxylic acids is 1. The minimum absolute atomic E-state index is 0.245. The van der Waals surface area contributed by atoms with Crippen LogP contribution in [0.1, 0.15) is 19.8 Å². The monoisotopic (exact) mass is 227 g/mol. The lowest BCUT2D eigenvalue weighted by Gasteiger charge is -2.32. The zero-order valence-electron chi connectivity index (χ0n) is 10.8. The Morgan fingerprint density at radius 2 is 2.06 bits per heavy atom. The molecule has 0 aliphatic carbocycles. The Morgan fingerprint density at radius 1 is 1.44 bits per heavy atom. The van der Waals surface area contributed by atoms with Gasteiger partial charge in [-0.1, -0.05) is 0 Å². The average Bonchev–Trinajstić information content (AvgIpc) is 2.31. The molecule has 0 unspecified atom stereocenters. The van der Waals surface area contributed by atoms with Gasteiger partial charge in [0.2, 0.25) is 5.91 Å². The Kier molecular flexibility index (Phi) is 5.77. The lowest BCUT2D eigenvalue weighted by molar-refractivity contribution is -0.131. The van der Waals surface area contributed by atoms with Gasteiger partial charge in [-0.15, -0.1) is 0 Å². The second kappa shape index (κ2) is 6.86. The molecule has 0 aromatic rings. The maximum absolute atomic E-state index is 11.7. The van der Waals surface area contributed by atoms with E-state index >= 15 is 0 Å². The van der Waals surface area contributed by atoms with E-state index in [4.69, 9.17) is 0 Å². The summed E-state index contributed by atoms with van der Waals surface area (Å²) in [5.74, 6) is 1.04. The molecule has 1 amide bonds. The van der Waals surface area contributed by atoms with E-state index < -0.39 is 0 Å². The van der Waals surface area contributed by atoms with Crippen LogP contribution in [-0.2, 0) is 4.79 Å². The van der Waals surface area contributed by atoms with Crippen molar-refractivity contribution in [2.45, 2.75) is 19.8 Å². The predicted octanol–water partition coefficient (Wildman–Crippen LogP) is 0.396. The highest BCUT2D eigenvalue weighted by Gasteiger charge is 2.20. The fourth-order valence-electron chi connectivity index (χ4n) is 2.13. The summed E-state index contributed by atoms with van der Waals surface area (Å²) in [6, 6.07) is 0. The van der Waals surface area contributed by atoms with Crippen LogP contribution >= 0.6 is 0 Å². The quantitative estimate of drug-likeness (QED) is 0.738. The largest absolute Gasteiger partial charge is 0.345 e. The van der Waals surface area contributed by atoms with Crippen molar-refractivity contribution in [2.75, 3.05) is 46.8 Å². The Labute approximate surface area is 99.0 Å². The lowest BCUT2D eigenvalue weighted by atomic mass is 9.97. The highest BCUT2D eigenvalue weighted by molar-refractivity contribution is 5.77. The summed E-state index contributed by atoms with van der Waals surface area (Å²) < 4.78 is 0. The number of likely N-dealkylation sites (tertiary alicyclic amines) is 1. The highest BCUT2D eigenvalue weighted by atomic mass is 16.2. The number of rotatable bonds is 5. The summed E-state index contributed by atoms with van der Waals surface area (Å²) in [5.41, 5.74) is 0. The number of carbonyl (C=O) groups is 1. The number of hydrogen-bond acceptors (Lipinski definition) is 3. The second-order valence-corrected chi connectivity index (χ2v) is 4.69. The van der Waals surface area contributed by atoms with Crippen molar-refractivity contribution in [1.29, 1.82) is 0 Å². The van der Waals surface area contributed by atoms with Crippen molar-refractivity contribution in [3.05, 3.63) is 0 Å². The molecule has 1 aliphatic heterocycles. The van der Waals surface area contributed by atoms with Crippen LogP contribution in [0, 0.1) is 5.92 Å². The van der Waals surface area contributed by atoms with E-state index in [0.717, 1.165) is 32.1 Å². The Hall–Kier alpha value is -0.610. The molecule has 0 saturated carbocycles. The van der Waals surface area contributed by atoms with Gasteiger partial charge in [0.25, 0.3) is 0 Å². The summed E-state index contributed by atoms with van der Waals surface area (Å²) in [4.78, 5) is 15.8. The Morgan fingerprint density at radius 3 is 2.56 bits per heavy atom. The van der Waals surface area contributed by atoms with Crippen molar-refractivity contribution >= 4 is 5.91 Å². The lowest BCUT2D eigenvalue weighted by Crippen LogP contribution is -2.43. The van der Waals surface area contributed by atoms with Crippen LogP contribution in [0.5, 0.6) is 0 Å². The minimum atomic E-state index is 0.245. The molecule has 0 atom stereocenters. The third kappa shape index (κ3) is 4.10. The molecule has 1 fully saturated rings. The first-order chi connectivity index (χ1) is 7.67. The van der Waals surface area contributed by atoms with Crippen LogP contribution in [0.2, 0.25) is 0 Å². The second-order valence-electron chi connectivity index (χ2n) is 4.69. The third-order valence-corrected chi connectivity index (χ3v) is 3.46. The molecule has 0 spiro atoms. The van der Waals surface area contributed by atoms with Crippen LogP contribution in [-0.4, -0.2) is 62.5 Å². The molecular weight excluding hydrogens is 202 g/mol. The van der Waals surface area contributed by atoms with Gasteiger partial charge in [0.15, 0.2) is 0 Å². The van der Waals surface area contributed by atoms with E-state index in [-0.39, 0.29) is 5.91 Å². The Bertz CT molecular complexity index is 212. The van der Waals surface area contributed by atoms with Crippen molar-refractivity contribution in [3.63, 3.8) is 0 Å². The normalized spacial score (nSPS) is 18.7. The molecule has 1 aliphatic rings. The molecule has 16 heavy (non-hydrogen) atoms. The number of hydrogen-bond donors (Lipinski definition) is 1. The van der Waals surface area contributed by atoms with Crippen molar-refractivity contribution in [1.82, 2.24) is 15.1 Å². The summed E-state index contributed by atoms with van der Waals surface area (Å²) in [7, 11) is 3.88. The molecule has 94 valence electrons. The summed E-state index contributed by atoms with van der Waals surface area (Å²) in [5, 5.41) is 3.23. The van der Waals surface area contributed by atoms with Crippen LogP contribution in [0.4, 0.5) is 0 Å². The number of amides is 1. The SMILES string of the molecule is CCN(C)C(=O)CN1CCC(CNC)CC1. The zero-order chi connectivity index (χ0) is 12.0. The fraction of sp³-hybridized carbons (Fsp3) is 0.917. The van der Waals surface area contributed by atoms with Crippen LogP contribution in [0.25, 0.3) is 0 Å². The van der Waals surface area contributed by atoms with E-state index in [1.807, 2.05) is 21.0 Å². The van der Waals surface area contributed by atoms with Gasteiger partial charge in [-0.25, -0.2) is 0 Å². The third-order valence-electron chi connectivity index (χ3n) is 3.46. The van der Waals surface area contributed by atoms with Crippen LogP contribution in [0.3, 0.4) is 0 Å². The Balaban J connectivity index is 2.24. The van der Waals surface area contributed by atoms with Gasteiger partial charge >= 0.3 is 0 Å². The molecule has 0 aromatic heterocycles. The van der Waals surface area contributed by atoms with E-state index in [0.29, 0.717) is 6.54 Å². The number of likely N-dealkylation sites (N-methyl/N-ethyl adjacent to an activating group) is 1.